The van der Waals surface area contributed by atoms with Crippen molar-refractivity contribution in [1.29, 1.82) is 0 Å². The molecule has 1 aromatic carbocycles. The van der Waals surface area contributed by atoms with E-state index in [4.69, 9.17) is 10.7 Å². The second kappa shape index (κ2) is 5.96. The molecule has 0 aliphatic heterocycles. The average molecular weight is 273 g/mol. The second-order valence-corrected chi connectivity index (χ2v) is 6.74. The van der Waals surface area contributed by atoms with E-state index in [-0.39, 0.29) is 5.54 Å². The molecule has 20 heavy (non-hydrogen) atoms. The predicted octanol–water partition coefficient (Wildman–Crippen LogP) is 3.71. The molecule has 0 fully saturated rings. The van der Waals surface area contributed by atoms with Gasteiger partial charge in [-0.2, -0.15) is 0 Å². The maximum absolute atomic E-state index is 5.64. The minimum Gasteiger partial charge on any atom is -0.330 e. The lowest BCUT2D eigenvalue weighted by atomic mass is 10.0. The second-order valence-electron chi connectivity index (χ2n) is 6.74. The van der Waals surface area contributed by atoms with E-state index in [1.807, 2.05) is 0 Å². The molecule has 0 amide bonds. The first kappa shape index (κ1) is 15.0. The van der Waals surface area contributed by atoms with Gasteiger partial charge in [0, 0.05) is 12.0 Å². The lowest BCUT2D eigenvalue weighted by Gasteiger charge is -2.25. The number of nitrogens with zero attached hydrogens (tertiary/aromatic N) is 2. The normalized spacial score (nSPS) is 13.8. The summed E-state index contributed by atoms with van der Waals surface area (Å²) in [5, 5.41) is 0. The summed E-state index contributed by atoms with van der Waals surface area (Å²) in [4.78, 5) is 4.84. The van der Waals surface area contributed by atoms with Crippen LogP contribution in [0.25, 0.3) is 11.0 Å². The number of benzene rings is 1. The Balaban J connectivity index is 2.32. The standard InChI is InChI=1S/C17H27N3/c1-13(11-12-18)9-10-16-19-14-7-5-6-8-15(14)20(16)17(2,3)4/h5-8,13H,9-12,18H2,1-4H3. The molecule has 0 aliphatic carbocycles. The van der Waals surface area contributed by atoms with Gasteiger partial charge in [-0.25, -0.2) is 4.98 Å². The number of para-hydroxylation sites is 2. The van der Waals surface area contributed by atoms with E-state index >= 15 is 0 Å². The summed E-state index contributed by atoms with van der Waals surface area (Å²) in [6, 6.07) is 8.42. The Morgan fingerprint density at radius 1 is 1.20 bits per heavy atom. The summed E-state index contributed by atoms with van der Waals surface area (Å²) in [5.74, 6) is 1.86. The van der Waals surface area contributed by atoms with Crippen LogP contribution in [0.2, 0.25) is 0 Å². The molecule has 0 aliphatic rings. The SMILES string of the molecule is CC(CCN)CCc1nc2ccccc2n1C(C)(C)C. The van der Waals surface area contributed by atoms with Crippen LogP contribution in [0.4, 0.5) is 0 Å². The van der Waals surface area contributed by atoms with E-state index in [0.29, 0.717) is 5.92 Å². The molecular formula is C17H27N3. The zero-order valence-electron chi connectivity index (χ0n) is 13.2. The first-order valence-corrected chi connectivity index (χ1v) is 7.60. The number of rotatable bonds is 5. The highest BCUT2D eigenvalue weighted by Gasteiger charge is 2.21. The number of hydrogen-bond donors (Lipinski definition) is 1. The van der Waals surface area contributed by atoms with Gasteiger partial charge in [0.15, 0.2) is 0 Å². The fourth-order valence-electron chi connectivity index (χ4n) is 2.80. The summed E-state index contributed by atoms with van der Waals surface area (Å²) in [6.45, 7) is 9.78. The van der Waals surface area contributed by atoms with E-state index in [1.54, 1.807) is 0 Å². The van der Waals surface area contributed by atoms with Crippen molar-refractivity contribution in [1.82, 2.24) is 9.55 Å². The fourth-order valence-corrected chi connectivity index (χ4v) is 2.80. The van der Waals surface area contributed by atoms with Crippen molar-refractivity contribution < 1.29 is 0 Å². The van der Waals surface area contributed by atoms with Crippen molar-refractivity contribution in [2.45, 2.75) is 52.5 Å². The highest BCUT2D eigenvalue weighted by molar-refractivity contribution is 5.76. The summed E-state index contributed by atoms with van der Waals surface area (Å²) < 4.78 is 2.39. The number of nitrogens with two attached hydrogens (primary N) is 1. The first-order valence-electron chi connectivity index (χ1n) is 7.60. The van der Waals surface area contributed by atoms with Gasteiger partial charge in [-0.05, 0) is 58.2 Å². The fraction of sp³-hybridized carbons (Fsp3) is 0.588. The van der Waals surface area contributed by atoms with E-state index < -0.39 is 0 Å². The van der Waals surface area contributed by atoms with E-state index in [0.717, 1.165) is 31.3 Å². The number of fused-ring (bicyclic) bond motifs is 1. The molecule has 1 unspecified atom stereocenters. The molecule has 0 radical (unpaired) electrons. The van der Waals surface area contributed by atoms with Gasteiger partial charge in [-0.15, -0.1) is 0 Å². The number of hydrogen-bond acceptors (Lipinski definition) is 2. The minimum atomic E-state index is 0.0581. The molecule has 1 atom stereocenters. The van der Waals surface area contributed by atoms with Gasteiger partial charge < -0.3 is 10.3 Å². The monoisotopic (exact) mass is 273 g/mol. The maximum atomic E-state index is 5.64. The largest absolute Gasteiger partial charge is 0.330 e. The van der Waals surface area contributed by atoms with Crippen LogP contribution in [0.5, 0.6) is 0 Å². The molecule has 3 nitrogen and oxygen atoms in total. The van der Waals surface area contributed by atoms with Crippen LogP contribution >= 0.6 is 0 Å². The van der Waals surface area contributed by atoms with Crippen LogP contribution in [0, 0.1) is 5.92 Å². The highest BCUT2D eigenvalue weighted by Crippen LogP contribution is 2.26. The lowest BCUT2D eigenvalue weighted by Crippen LogP contribution is -2.24. The molecule has 0 saturated heterocycles. The Morgan fingerprint density at radius 2 is 1.90 bits per heavy atom. The van der Waals surface area contributed by atoms with Gasteiger partial charge >= 0.3 is 0 Å². The third kappa shape index (κ3) is 3.21. The van der Waals surface area contributed by atoms with Crippen molar-refractivity contribution >= 4 is 11.0 Å². The van der Waals surface area contributed by atoms with Gasteiger partial charge in [0.2, 0.25) is 0 Å². The van der Waals surface area contributed by atoms with Gasteiger partial charge in [0.05, 0.1) is 11.0 Å². The first-order chi connectivity index (χ1) is 9.43. The van der Waals surface area contributed by atoms with Crippen LogP contribution in [0.3, 0.4) is 0 Å². The molecule has 110 valence electrons. The Kier molecular flexibility index (Phi) is 4.48. The summed E-state index contributed by atoms with van der Waals surface area (Å²) in [7, 11) is 0. The Hall–Kier alpha value is -1.35. The maximum Gasteiger partial charge on any atom is 0.110 e. The number of aryl methyl sites for hydroxylation is 1. The van der Waals surface area contributed by atoms with Crippen LogP contribution in [0.15, 0.2) is 24.3 Å². The Morgan fingerprint density at radius 3 is 2.55 bits per heavy atom. The van der Waals surface area contributed by atoms with Gasteiger partial charge in [-0.3, -0.25) is 0 Å². The molecule has 1 heterocycles. The van der Waals surface area contributed by atoms with Crippen molar-refractivity contribution in [3.8, 4) is 0 Å². The summed E-state index contributed by atoms with van der Waals surface area (Å²) >= 11 is 0. The average Bonchev–Trinajstić information content (AvgIpc) is 2.74. The van der Waals surface area contributed by atoms with Gasteiger partial charge in [-0.1, -0.05) is 19.1 Å². The zero-order chi connectivity index (χ0) is 14.8. The lowest BCUT2D eigenvalue weighted by molar-refractivity contribution is 0.385. The van der Waals surface area contributed by atoms with Crippen molar-refractivity contribution in [3.63, 3.8) is 0 Å². The van der Waals surface area contributed by atoms with Crippen molar-refractivity contribution in [2.75, 3.05) is 6.54 Å². The van der Waals surface area contributed by atoms with Crippen molar-refractivity contribution in [3.05, 3.63) is 30.1 Å². The molecular weight excluding hydrogens is 246 g/mol. The number of aromatic nitrogens is 2. The third-order valence-corrected chi connectivity index (χ3v) is 3.82. The Bertz CT molecular complexity index is 563. The smallest absolute Gasteiger partial charge is 0.110 e. The molecule has 0 spiro atoms. The molecule has 0 bridgehead atoms. The van der Waals surface area contributed by atoms with Crippen molar-refractivity contribution in [2.24, 2.45) is 11.7 Å². The molecule has 2 N–H and O–H groups in total. The summed E-state index contributed by atoms with van der Waals surface area (Å²) in [5.41, 5.74) is 8.03. The van der Waals surface area contributed by atoms with Crippen LogP contribution in [0.1, 0.15) is 46.4 Å². The van der Waals surface area contributed by atoms with E-state index in [1.165, 1.54) is 11.3 Å². The van der Waals surface area contributed by atoms with Crippen LogP contribution in [-0.4, -0.2) is 16.1 Å². The summed E-state index contributed by atoms with van der Waals surface area (Å²) in [6.07, 6.45) is 3.26. The van der Waals surface area contributed by atoms with E-state index in [9.17, 15) is 0 Å². The Labute approximate surface area is 122 Å². The van der Waals surface area contributed by atoms with Gasteiger partial charge in [0.1, 0.15) is 5.82 Å². The third-order valence-electron chi connectivity index (χ3n) is 3.82. The molecule has 3 heteroatoms. The predicted molar refractivity (Wildman–Crippen MR) is 85.9 cm³/mol. The molecule has 2 rings (SSSR count). The quantitative estimate of drug-likeness (QED) is 0.902. The molecule has 1 aromatic heterocycles. The van der Waals surface area contributed by atoms with Crippen LogP contribution in [-0.2, 0) is 12.0 Å². The molecule has 2 aromatic rings. The topological polar surface area (TPSA) is 43.8 Å². The van der Waals surface area contributed by atoms with E-state index in [2.05, 4.69) is 56.5 Å². The van der Waals surface area contributed by atoms with Gasteiger partial charge in [0.25, 0.3) is 0 Å². The molecule has 0 saturated carbocycles. The minimum absolute atomic E-state index is 0.0581. The highest BCUT2D eigenvalue weighted by atomic mass is 15.1. The van der Waals surface area contributed by atoms with Crippen LogP contribution < -0.4 is 5.73 Å². The zero-order valence-corrected chi connectivity index (χ0v) is 13.2. The number of imidazole rings is 1.